The number of furan rings is 1. The summed E-state index contributed by atoms with van der Waals surface area (Å²) >= 11 is 0. The molecule has 0 aromatic carbocycles. The maximum atomic E-state index is 5.40. The van der Waals surface area contributed by atoms with Crippen LogP contribution in [0.25, 0.3) is 0 Å². The highest BCUT2D eigenvalue weighted by atomic mass is 16.3. The standard InChI is InChI=1S/C11H18N2O/c1-4-5-10-9(6-7-14-10)11(13-12)8(2)3/h6-8H,4-5,12H2,1-3H3/b13-11-. The van der Waals surface area contributed by atoms with Gasteiger partial charge in [-0.05, 0) is 18.4 Å². The van der Waals surface area contributed by atoms with Crippen molar-refractivity contribution < 1.29 is 4.42 Å². The van der Waals surface area contributed by atoms with E-state index in [9.17, 15) is 0 Å². The summed E-state index contributed by atoms with van der Waals surface area (Å²) in [5.41, 5.74) is 1.98. The topological polar surface area (TPSA) is 51.5 Å². The number of hydrogen-bond acceptors (Lipinski definition) is 3. The van der Waals surface area contributed by atoms with Crippen LogP contribution in [-0.4, -0.2) is 5.71 Å². The quantitative estimate of drug-likeness (QED) is 0.455. The summed E-state index contributed by atoms with van der Waals surface area (Å²) < 4.78 is 5.40. The van der Waals surface area contributed by atoms with Crippen molar-refractivity contribution in [3.63, 3.8) is 0 Å². The van der Waals surface area contributed by atoms with Crippen molar-refractivity contribution in [2.45, 2.75) is 33.6 Å². The van der Waals surface area contributed by atoms with E-state index in [1.54, 1.807) is 6.26 Å². The van der Waals surface area contributed by atoms with Crippen LogP contribution in [0.5, 0.6) is 0 Å². The lowest BCUT2D eigenvalue weighted by Gasteiger charge is -2.08. The highest BCUT2D eigenvalue weighted by Gasteiger charge is 2.14. The van der Waals surface area contributed by atoms with E-state index in [2.05, 4.69) is 25.9 Å². The SMILES string of the molecule is CCCc1occc1/C(=N\N)C(C)C. The van der Waals surface area contributed by atoms with Crippen molar-refractivity contribution >= 4 is 5.71 Å². The molecule has 3 heteroatoms. The number of hydrogen-bond donors (Lipinski definition) is 1. The maximum Gasteiger partial charge on any atom is 0.112 e. The first-order valence-electron chi connectivity index (χ1n) is 5.05. The van der Waals surface area contributed by atoms with Crippen LogP contribution in [0.1, 0.15) is 38.5 Å². The molecule has 0 aliphatic rings. The fourth-order valence-electron chi connectivity index (χ4n) is 1.52. The predicted octanol–water partition coefficient (Wildman–Crippen LogP) is 2.55. The molecule has 0 unspecified atom stereocenters. The molecule has 1 aromatic heterocycles. The summed E-state index contributed by atoms with van der Waals surface area (Å²) in [4.78, 5) is 0. The van der Waals surface area contributed by atoms with Crippen LogP contribution in [0.2, 0.25) is 0 Å². The summed E-state index contributed by atoms with van der Waals surface area (Å²) in [6.07, 6.45) is 3.71. The first-order valence-corrected chi connectivity index (χ1v) is 5.05. The molecule has 3 nitrogen and oxygen atoms in total. The Bertz CT molecular complexity index is 313. The molecule has 0 fully saturated rings. The molecule has 0 saturated carbocycles. The number of nitrogens with zero attached hydrogens (tertiary/aromatic N) is 1. The van der Waals surface area contributed by atoms with E-state index in [0.29, 0.717) is 5.92 Å². The van der Waals surface area contributed by atoms with E-state index in [-0.39, 0.29) is 0 Å². The molecule has 0 saturated heterocycles. The first-order chi connectivity index (χ1) is 6.70. The zero-order valence-corrected chi connectivity index (χ0v) is 9.08. The van der Waals surface area contributed by atoms with E-state index >= 15 is 0 Å². The van der Waals surface area contributed by atoms with Gasteiger partial charge in [-0.15, -0.1) is 0 Å². The molecule has 0 spiro atoms. The van der Waals surface area contributed by atoms with Gasteiger partial charge < -0.3 is 10.3 Å². The van der Waals surface area contributed by atoms with Crippen LogP contribution >= 0.6 is 0 Å². The van der Waals surface area contributed by atoms with E-state index in [0.717, 1.165) is 29.9 Å². The molecule has 0 amide bonds. The molecule has 2 N–H and O–H groups in total. The molecular weight excluding hydrogens is 176 g/mol. The Hall–Kier alpha value is -1.25. The molecule has 0 atom stereocenters. The minimum absolute atomic E-state index is 0.327. The van der Waals surface area contributed by atoms with Crippen molar-refractivity contribution in [3.05, 3.63) is 23.7 Å². The van der Waals surface area contributed by atoms with Gasteiger partial charge in [-0.2, -0.15) is 5.10 Å². The van der Waals surface area contributed by atoms with Gasteiger partial charge >= 0.3 is 0 Å². The zero-order chi connectivity index (χ0) is 10.6. The van der Waals surface area contributed by atoms with Gasteiger partial charge in [0.1, 0.15) is 5.76 Å². The smallest absolute Gasteiger partial charge is 0.112 e. The van der Waals surface area contributed by atoms with Crippen molar-refractivity contribution in [3.8, 4) is 0 Å². The predicted molar refractivity (Wildman–Crippen MR) is 58.3 cm³/mol. The zero-order valence-electron chi connectivity index (χ0n) is 9.08. The molecule has 1 aromatic rings. The van der Waals surface area contributed by atoms with Gasteiger partial charge in [-0.1, -0.05) is 20.8 Å². The minimum Gasteiger partial charge on any atom is -0.469 e. The second kappa shape index (κ2) is 4.84. The summed E-state index contributed by atoms with van der Waals surface area (Å²) in [5, 5.41) is 3.83. The fourth-order valence-corrected chi connectivity index (χ4v) is 1.52. The lowest BCUT2D eigenvalue weighted by Crippen LogP contribution is -2.12. The van der Waals surface area contributed by atoms with Gasteiger partial charge in [0.2, 0.25) is 0 Å². The number of hydrazone groups is 1. The summed E-state index contributed by atoms with van der Waals surface area (Å²) in [6, 6.07) is 1.94. The Morgan fingerprint density at radius 1 is 1.57 bits per heavy atom. The Kier molecular flexibility index (Phi) is 3.74. The average Bonchev–Trinajstić information content (AvgIpc) is 2.55. The number of rotatable bonds is 4. The average molecular weight is 194 g/mol. The molecular formula is C11H18N2O. The highest BCUT2D eigenvalue weighted by molar-refractivity contribution is 6.02. The molecule has 0 radical (unpaired) electrons. The third-order valence-corrected chi connectivity index (χ3v) is 2.18. The van der Waals surface area contributed by atoms with Crippen molar-refractivity contribution in [2.24, 2.45) is 16.9 Å². The van der Waals surface area contributed by atoms with E-state index in [4.69, 9.17) is 10.3 Å². The second-order valence-corrected chi connectivity index (χ2v) is 3.68. The third-order valence-electron chi connectivity index (χ3n) is 2.18. The fraction of sp³-hybridized carbons (Fsp3) is 0.545. The van der Waals surface area contributed by atoms with Gasteiger partial charge in [0.15, 0.2) is 0 Å². The molecule has 14 heavy (non-hydrogen) atoms. The van der Waals surface area contributed by atoms with Crippen molar-refractivity contribution in [2.75, 3.05) is 0 Å². The van der Waals surface area contributed by atoms with Crippen LogP contribution in [0.3, 0.4) is 0 Å². The second-order valence-electron chi connectivity index (χ2n) is 3.68. The van der Waals surface area contributed by atoms with Crippen molar-refractivity contribution in [1.82, 2.24) is 0 Å². The van der Waals surface area contributed by atoms with Gasteiger partial charge in [0.25, 0.3) is 0 Å². The van der Waals surface area contributed by atoms with E-state index in [1.165, 1.54) is 0 Å². The summed E-state index contributed by atoms with van der Waals surface area (Å²) in [7, 11) is 0. The molecule has 78 valence electrons. The van der Waals surface area contributed by atoms with Gasteiger partial charge in [0.05, 0.1) is 12.0 Å². The number of aryl methyl sites for hydroxylation is 1. The Labute approximate surface area is 85.0 Å². The summed E-state index contributed by atoms with van der Waals surface area (Å²) in [6.45, 7) is 6.28. The third kappa shape index (κ3) is 2.16. The van der Waals surface area contributed by atoms with Crippen LogP contribution in [0, 0.1) is 5.92 Å². The molecule has 1 rings (SSSR count). The van der Waals surface area contributed by atoms with E-state index in [1.807, 2.05) is 6.07 Å². The maximum absolute atomic E-state index is 5.40. The minimum atomic E-state index is 0.327. The normalized spacial score (nSPS) is 12.4. The molecule has 0 aliphatic carbocycles. The van der Waals surface area contributed by atoms with Crippen LogP contribution < -0.4 is 5.84 Å². The summed E-state index contributed by atoms with van der Waals surface area (Å²) in [5.74, 6) is 6.69. The van der Waals surface area contributed by atoms with Crippen LogP contribution in [0.4, 0.5) is 0 Å². The van der Waals surface area contributed by atoms with Crippen LogP contribution in [-0.2, 0) is 6.42 Å². The lowest BCUT2D eigenvalue weighted by atomic mass is 9.99. The van der Waals surface area contributed by atoms with Crippen LogP contribution in [0.15, 0.2) is 21.8 Å². The van der Waals surface area contributed by atoms with Gasteiger partial charge in [-0.3, -0.25) is 0 Å². The number of nitrogens with two attached hydrogens (primary N) is 1. The van der Waals surface area contributed by atoms with E-state index < -0.39 is 0 Å². The lowest BCUT2D eigenvalue weighted by molar-refractivity contribution is 0.505. The Morgan fingerprint density at radius 2 is 2.29 bits per heavy atom. The molecule has 0 aliphatic heterocycles. The highest BCUT2D eigenvalue weighted by Crippen LogP contribution is 2.17. The van der Waals surface area contributed by atoms with Gasteiger partial charge in [0, 0.05) is 12.0 Å². The monoisotopic (exact) mass is 194 g/mol. The Balaban J connectivity index is 2.98. The van der Waals surface area contributed by atoms with Crippen molar-refractivity contribution in [1.29, 1.82) is 0 Å². The molecule has 0 bridgehead atoms. The largest absolute Gasteiger partial charge is 0.469 e. The van der Waals surface area contributed by atoms with Gasteiger partial charge in [-0.25, -0.2) is 0 Å². The molecule has 1 heterocycles. The Morgan fingerprint density at radius 3 is 2.79 bits per heavy atom. The first kappa shape index (κ1) is 10.8.